The van der Waals surface area contributed by atoms with Crippen molar-refractivity contribution in [3.63, 3.8) is 0 Å². The Kier molecular flexibility index (Phi) is 3.64. The Morgan fingerprint density at radius 2 is 1.67 bits per heavy atom. The molecule has 0 radical (unpaired) electrons. The molecule has 1 aliphatic rings. The van der Waals surface area contributed by atoms with E-state index in [1.54, 1.807) is 0 Å². The number of nitrogens with zero attached hydrogens (tertiary/aromatic N) is 1. The zero-order valence-corrected chi connectivity index (χ0v) is 12.9. The van der Waals surface area contributed by atoms with Gasteiger partial charge in [0.1, 0.15) is 0 Å². The van der Waals surface area contributed by atoms with Crippen LogP contribution in [-0.2, 0) is 13.1 Å². The van der Waals surface area contributed by atoms with Gasteiger partial charge in [0.2, 0.25) is 0 Å². The van der Waals surface area contributed by atoms with Crippen LogP contribution in [0.5, 0.6) is 0 Å². The summed E-state index contributed by atoms with van der Waals surface area (Å²) >= 11 is 0. The number of benzene rings is 2. The normalized spacial score (nSPS) is 15.8. The van der Waals surface area contributed by atoms with Gasteiger partial charge < -0.3 is 0 Å². The molecule has 2 aromatic rings. The SMILES string of the molecule is Cc1ccc(C)c(C(=O)C(C)N2Cc3ccccc3C2)c1. The number of carbonyl (C=O) groups is 1. The summed E-state index contributed by atoms with van der Waals surface area (Å²) in [6.07, 6.45) is 0. The fraction of sp³-hybridized carbons (Fsp3) is 0.316. The number of Topliss-reactive ketones (excluding diaryl/α,β-unsaturated/α-hetero) is 1. The quantitative estimate of drug-likeness (QED) is 0.794. The highest BCUT2D eigenvalue weighted by molar-refractivity contribution is 6.01. The van der Waals surface area contributed by atoms with Gasteiger partial charge in [0.05, 0.1) is 6.04 Å². The molecule has 1 aliphatic heterocycles. The van der Waals surface area contributed by atoms with E-state index >= 15 is 0 Å². The molecule has 0 bridgehead atoms. The van der Waals surface area contributed by atoms with Gasteiger partial charge in [-0.1, -0.05) is 42.0 Å². The third-order valence-electron chi connectivity index (χ3n) is 4.45. The first kappa shape index (κ1) is 14.0. The van der Waals surface area contributed by atoms with Crippen LogP contribution < -0.4 is 0 Å². The average molecular weight is 279 g/mol. The Bertz CT molecular complexity index is 665. The summed E-state index contributed by atoms with van der Waals surface area (Å²) in [5.74, 6) is 0.226. The van der Waals surface area contributed by atoms with E-state index in [1.165, 1.54) is 11.1 Å². The zero-order chi connectivity index (χ0) is 15.0. The van der Waals surface area contributed by atoms with Crippen LogP contribution in [0.25, 0.3) is 0 Å². The topological polar surface area (TPSA) is 20.3 Å². The van der Waals surface area contributed by atoms with E-state index < -0.39 is 0 Å². The minimum absolute atomic E-state index is 0.0853. The number of carbonyl (C=O) groups excluding carboxylic acids is 1. The molecule has 0 aliphatic carbocycles. The van der Waals surface area contributed by atoms with Gasteiger partial charge in [-0.2, -0.15) is 0 Å². The molecule has 3 rings (SSSR count). The van der Waals surface area contributed by atoms with Crippen molar-refractivity contribution < 1.29 is 4.79 Å². The Morgan fingerprint density at radius 1 is 1.05 bits per heavy atom. The molecule has 0 aromatic heterocycles. The maximum atomic E-state index is 12.8. The smallest absolute Gasteiger partial charge is 0.179 e. The lowest BCUT2D eigenvalue weighted by Crippen LogP contribution is -2.35. The molecule has 108 valence electrons. The van der Waals surface area contributed by atoms with Crippen molar-refractivity contribution in [3.8, 4) is 0 Å². The Morgan fingerprint density at radius 3 is 2.29 bits per heavy atom. The number of rotatable bonds is 3. The van der Waals surface area contributed by atoms with E-state index in [9.17, 15) is 4.79 Å². The Hall–Kier alpha value is -1.93. The van der Waals surface area contributed by atoms with E-state index in [4.69, 9.17) is 0 Å². The summed E-state index contributed by atoms with van der Waals surface area (Å²) in [7, 11) is 0. The maximum Gasteiger partial charge on any atom is 0.179 e. The summed E-state index contributed by atoms with van der Waals surface area (Å²) in [5, 5.41) is 0. The van der Waals surface area contributed by atoms with Crippen LogP contribution in [0.15, 0.2) is 42.5 Å². The number of hydrogen-bond donors (Lipinski definition) is 0. The highest BCUT2D eigenvalue weighted by atomic mass is 16.1. The standard InChI is InChI=1S/C19H21NO/c1-13-8-9-14(2)18(10-13)19(21)15(3)20-11-16-6-4-5-7-17(16)12-20/h4-10,15H,11-12H2,1-3H3. The van der Waals surface area contributed by atoms with Crippen molar-refractivity contribution in [1.82, 2.24) is 4.90 Å². The minimum atomic E-state index is -0.0853. The fourth-order valence-corrected chi connectivity index (χ4v) is 3.03. The second-order valence-electron chi connectivity index (χ2n) is 6.03. The summed E-state index contributed by atoms with van der Waals surface area (Å²) in [5.41, 5.74) is 5.75. The van der Waals surface area contributed by atoms with Crippen molar-refractivity contribution in [2.75, 3.05) is 0 Å². The monoisotopic (exact) mass is 279 g/mol. The van der Waals surface area contributed by atoms with Gasteiger partial charge in [-0.25, -0.2) is 0 Å². The van der Waals surface area contributed by atoms with Crippen LogP contribution in [0.4, 0.5) is 0 Å². The molecule has 0 N–H and O–H groups in total. The van der Waals surface area contributed by atoms with Crippen LogP contribution in [0.2, 0.25) is 0 Å². The van der Waals surface area contributed by atoms with Gasteiger partial charge in [0.25, 0.3) is 0 Å². The molecule has 1 atom stereocenters. The van der Waals surface area contributed by atoms with Gasteiger partial charge in [-0.3, -0.25) is 9.69 Å². The van der Waals surface area contributed by atoms with Crippen molar-refractivity contribution in [1.29, 1.82) is 0 Å². The Balaban J connectivity index is 1.82. The summed E-state index contributed by atoms with van der Waals surface area (Å²) in [6, 6.07) is 14.5. The van der Waals surface area contributed by atoms with E-state index in [2.05, 4.69) is 35.2 Å². The number of fused-ring (bicyclic) bond motifs is 1. The van der Waals surface area contributed by atoms with E-state index in [0.29, 0.717) is 0 Å². The van der Waals surface area contributed by atoms with Crippen molar-refractivity contribution in [2.24, 2.45) is 0 Å². The lowest BCUT2D eigenvalue weighted by Gasteiger charge is -2.23. The van der Waals surface area contributed by atoms with Gasteiger partial charge in [0, 0.05) is 18.7 Å². The van der Waals surface area contributed by atoms with Gasteiger partial charge >= 0.3 is 0 Å². The molecule has 1 unspecified atom stereocenters. The van der Waals surface area contributed by atoms with Crippen molar-refractivity contribution >= 4 is 5.78 Å². The molecular weight excluding hydrogens is 258 g/mol. The zero-order valence-electron chi connectivity index (χ0n) is 12.9. The molecule has 0 fully saturated rings. The Labute approximate surface area is 126 Å². The first-order valence-electron chi connectivity index (χ1n) is 7.48. The third-order valence-corrected chi connectivity index (χ3v) is 4.45. The highest BCUT2D eigenvalue weighted by Crippen LogP contribution is 2.26. The lowest BCUT2D eigenvalue weighted by molar-refractivity contribution is 0.0834. The molecule has 0 saturated heterocycles. The van der Waals surface area contributed by atoms with E-state index in [0.717, 1.165) is 29.8 Å². The summed E-state index contributed by atoms with van der Waals surface area (Å²) in [4.78, 5) is 15.1. The minimum Gasteiger partial charge on any atom is -0.292 e. The van der Waals surface area contributed by atoms with Crippen molar-refractivity contribution in [3.05, 3.63) is 70.3 Å². The molecule has 2 heteroatoms. The lowest BCUT2D eigenvalue weighted by atomic mass is 9.97. The number of ketones is 1. The molecule has 21 heavy (non-hydrogen) atoms. The second kappa shape index (κ2) is 5.45. The van der Waals surface area contributed by atoms with Crippen LogP contribution in [0.1, 0.15) is 39.5 Å². The van der Waals surface area contributed by atoms with Crippen LogP contribution in [0.3, 0.4) is 0 Å². The van der Waals surface area contributed by atoms with Gasteiger partial charge in [-0.15, -0.1) is 0 Å². The fourth-order valence-electron chi connectivity index (χ4n) is 3.03. The largest absolute Gasteiger partial charge is 0.292 e. The molecular formula is C19H21NO. The van der Waals surface area contributed by atoms with Crippen LogP contribution in [0, 0.1) is 13.8 Å². The maximum absolute atomic E-state index is 12.8. The number of hydrogen-bond acceptors (Lipinski definition) is 2. The van der Waals surface area contributed by atoms with Gasteiger partial charge in [-0.05, 0) is 43.5 Å². The van der Waals surface area contributed by atoms with Crippen molar-refractivity contribution in [2.45, 2.75) is 39.9 Å². The molecule has 2 nitrogen and oxygen atoms in total. The van der Waals surface area contributed by atoms with Gasteiger partial charge in [0.15, 0.2) is 5.78 Å². The molecule has 0 saturated carbocycles. The van der Waals surface area contributed by atoms with Crippen LogP contribution in [-0.4, -0.2) is 16.7 Å². The molecule has 1 heterocycles. The molecule has 0 spiro atoms. The van der Waals surface area contributed by atoms with Crippen LogP contribution >= 0.6 is 0 Å². The predicted molar refractivity (Wildman–Crippen MR) is 85.4 cm³/mol. The summed E-state index contributed by atoms with van der Waals surface area (Å²) < 4.78 is 0. The summed E-state index contributed by atoms with van der Waals surface area (Å²) in [6.45, 7) is 7.81. The van der Waals surface area contributed by atoms with E-state index in [-0.39, 0.29) is 11.8 Å². The average Bonchev–Trinajstić information content (AvgIpc) is 2.92. The first-order chi connectivity index (χ1) is 10.1. The number of aryl methyl sites for hydroxylation is 2. The second-order valence-corrected chi connectivity index (χ2v) is 6.03. The van der Waals surface area contributed by atoms with E-state index in [1.807, 2.05) is 32.9 Å². The first-order valence-corrected chi connectivity index (χ1v) is 7.48. The molecule has 2 aromatic carbocycles. The molecule has 0 amide bonds. The highest BCUT2D eigenvalue weighted by Gasteiger charge is 2.28. The predicted octanol–water partition coefficient (Wildman–Crippen LogP) is 3.89. The third kappa shape index (κ3) is 2.64.